The summed E-state index contributed by atoms with van der Waals surface area (Å²) in [5, 5.41) is 15.4. The van der Waals surface area contributed by atoms with E-state index in [0.29, 0.717) is 27.9 Å². The Labute approximate surface area is 248 Å². The summed E-state index contributed by atoms with van der Waals surface area (Å²) in [6.07, 6.45) is 0.418. The van der Waals surface area contributed by atoms with Crippen LogP contribution in [0.1, 0.15) is 0 Å². The van der Waals surface area contributed by atoms with Crippen molar-refractivity contribution in [2.75, 3.05) is 13.7 Å². The summed E-state index contributed by atoms with van der Waals surface area (Å²) >= 11 is 0. The van der Waals surface area contributed by atoms with E-state index in [1.54, 1.807) is 66.7 Å². The van der Waals surface area contributed by atoms with E-state index < -0.39 is 43.0 Å². The molecule has 0 radical (unpaired) electrons. The summed E-state index contributed by atoms with van der Waals surface area (Å²) in [5.74, 6) is -2.56. The van der Waals surface area contributed by atoms with Crippen molar-refractivity contribution in [3.05, 3.63) is 121 Å². The Morgan fingerprint density at radius 2 is 1.28 bits per heavy atom. The molecule has 2 amide bonds. The van der Waals surface area contributed by atoms with Gasteiger partial charge in [-0.2, -0.15) is 0 Å². The Bertz CT molecular complexity index is 1580. The second-order valence-electron chi connectivity index (χ2n) is 9.65. The molecule has 0 saturated carbocycles. The Kier molecular flexibility index (Phi) is 8.57. The summed E-state index contributed by atoms with van der Waals surface area (Å²) in [5.41, 5.74) is -2.40. The number of carboxylic acid groups (broad SMARTS) is 1. The third kappa shape index (κ3) is 5.14. The largest absolute Gasteiger partial charge is 0.484 e. The molecule has 1 heterocycles. The molecule has 1 fully saturated rings. The van der Waals surface area contributed by atoms with E-state index in [4.69, 9.17) is 9.47 Å². The van der Waals surface area contributed by atoms with Crippen molar-refractivity contribution in [3.8, 4) is 5.75 Å². The lowest BCUT2D eigenvalue weighted by Gasteiger charge is -2.53. The summed E-state index contributed by atoms with van der Waals surface area (Å²) in [7, 11) is 1.18. The van der Waals surface area contributed by atoms with Crippen LogP contribution < -0.4 is 26.0 Å². The quantitative estimate of drug-likeness (QED) is 0.118. The Hall–Kier alpha value is -4.98. The molecule has 1 aliphatic rings. The van der Waals surface area contributed by atoms with Gasteiger partial charge >= 0.3 is 5.97 Å². The number of para-hydroxylation sites is 1. The van der Waals surface area contributed by atoms with E-state index in [0.717, 1.165) is 4.90 Å². The Morgan fingerprint density at radius 1 is 0.837 bits per heavy atom. The van der Waals surface area contributed by atoms with Gasteiger partial charge in [-0.25, -0.2) is 4.79 Å². The van der Waals surface area contributed by atoms with Gasteiger partial charge in [-0.1, -0.05) is 109 Å². The Balaban J connectivity index is 1.69. The van der Waals surface area contributed by atoms with Crippen molar-refractivity contribution >= 4 is 52.3 Å². The fourth-order valence-electron chi connectivity index (χ4n) is 5.40. The molecule has 0 aliphatic carbocycles. The zero-order valence-electron chi connectivity index (χ0n) is 23.2. The number of β-lactam (4-membered cyclic amide) rings is 1. The first kappa shape index (κ1) is 29.5. The summed E-state index contributed by atoms with van der Waals surface area (Å²) in [6.45, 7) is -3.77. The second-order valence-corrected chi connectivity index (χ2v) is 13.0. The van der Waals surface area contributed by atoms with Crippen LogP contribution in [0.2, 0.25) is 0 Å². The van der Waals surface area contributed by atoms with Gasteiger partial charge in [0.1, 0.15) is 23.5 Å². The van der Waals surface area contributed by atoms with Crippen LogP contribution in [0.15, 0.2) is 121 Å². The maximum Gasteiger partial charge on any atom is 0.353 e. The number of carbonyl (C=O) groups is 4. The Morgan fingerprint density at radius 3 is 1.67 bits per heavy atom. The molecule has 1 aliphatic heterocycles. The minimum atomic E-state index is -3.31. The van der Waals surface area contributed by atoms with Crippen molar-refractivity contribution in [3.63, 3.8) is 0 Å². The number of likely N-dealkylation sites (tertiary alicyclic amines) is 1. The van der Waals surface area contributed by atoms with Crippen LogP contribution in [-0.2, 0) is 23.9 Å². The number of nitrogens with zero attached hydrogens (tertiary/aromatic N) is 1. The summed E-state index contributed by atoms with van der Waals surface area (Å²) in [6, 6.07) is 34.3. The molecule has 2 atom stereocenters. The van der Waals surface area contributed by atoms with E-state index in [1.165, 1.54) is 7.11 Å². The normalized spacial score (nSPS) is 17.8. The topological polar surface area (TPSA) is 122 Å². The second kappa shape index (κ2) is 12.5. The smallest absolute Gasteiger partial charge is 0.353 e. The van der Waals surface area contributed by atoms with Gasteiger partial charge in [0.2, 0.25) is 5.72 Å². The maximum absolute atomic E-state index is 14.1. The average Bonchev–Trinajstić information content (AvgIpc) is 3.06. The fourth-order valence-corrected chi connectivity index (χ4v) is 9.72. The molecule has 1 saturated heterocycles. The first-order chi connectivity index (χ1) is 20.9. The average molecular weight is 597 g/mol. The fraction of sp³-hybridized carbons (Fsp3) is 0.121. The van der Waals surface area contributed by atoms with Gasteiger partial charge < -0.3 is 24.7 Å². The first-order valence-corrected chi connectivity index (χ1v) is 15.2. The molecule has 0 spiro atoms. The first-order valence-electron chi connectivity index (χ1n) is 13.4. The number of hydrogen-bond acceptors (Lipinski definition) is 6. The minimum Gasteiger partial charge on any atom is -0.484 e. The number of methoxy groups -OCH3 is 1. The number of ether oxygens (including phenoxy) is 2. The van der Waals surface area contributed by atoms with Gasteiger partial charge in [-0.3, -0.25) is 14.5 Å². The molecule has 4 aromatic rings. The molecule has 4 aromatic carbocycles. The minimum absolute atomic E-state index is 0.277. The monoisotopic (exact) mass is 596 g/mol. The van der Waals surface area contributed by atoms with Crippen LogP contribution >= 0.6 is 6.89 Å². The zero-order chi connectivity index (χ0) is 30.5. The molecular formula is C33H29N2O7P. The van der Waals surface area contributed by atoms with Gasteiger partial charge in [0.05, 0.1) is 0 Å². The van der Waals surface area contributed by atoms with E-state index >= 15 is 0 Å². The highest BCUT2D eigenvalue weighted by atomic mass is 31.2. The van der Waals surface area contributed by atoms with Gasteiger partial charge in [0.25, 0.3) is 11.8 Å². The third-order valence-corrected chi connectivity index (χ3v) is 11.5. The van der Waals surface area contributed by atoms with Crippen molar-refractivity contribution < 1.29 is 33.8 Å². The zero-order valence-corrected chi connectivity index (χ0v) is 24.1. The molecule has 2 N–H and O–H groups in total. The van der Waals surface area contributed by atoms with E-state index in [9.17, 15) is 24.3 Å². The van der Waals surface area contributed by atoms with Gasteiger partial charge in [-0.05, 0) is 28.0 Å². The lowest BCUT2D eigenvalue weighted by molar-refractivity contribution is -0.195. The summed E-state index contributed by atoms with van der Waals surface area (Å²) in [4.78, 5) is 54.1. The number of amides is 2. The predicted molar refractivity (Wildman–Crippen MR) is 164 cm³/mol. The molecule has 9 nitrogen and oxygen atoms in total. The molecule has 218 valence electrons. The number of aldehydes is 1. The van der Waals surface area contributed by atoms with Crippen LogP contribution in [0.25, 0.3) is 0 Å². The number of carbonyl (C=O) groups excluding carboxylic acids is 3. The number of rotatable bonds is 11. The van der Waals surface area contributed by atoms with Crippen LogP contribution in [0, 0.1) is 0 Å². The molecule has 0 aromatic heterocycles. The maximum atomic E-state index is 14.1. The van der Waals surface area contributed by atoms with Gasteiger partial charge in [0, 0.05) is 14.0 Å². The third-order valence-electron chi connectivity index (χ3n) is 7.29. The SMILES string of the molecule is CO[C@]1(NC(=O)COc2ccccc2)C(=O)N(C(C(=O)O)=P(c2ccccc2)(c2ccccc2)c2ccccc2)[C@H]1C=O. The molecular weight excluding hydrogens is 567 g/mol. The van der Waals surface area contributed by atoms with Gasteiger partial charge in [0.15, 0.2) is 6.61 Å². The van der Waals surface area contributed by atoms with Crippen LogP contribution in [0.3, 0.4) is 0 Å². The van der Waals surface area contributed by atoms with Crippen LogP contribution in [0.5, 0.6) is 5.75 Å². The lowest BCUT2D eigenvalue weighted by atomic mass is 9.90. The molecule has 5 rings (SSSR count). The van der Waals surface area contributed by atoms with Crippen molar-refractivity contribution in [2.24, 2.45) is 0 Å². The number of benzene rings is 4. The molecule has 43 heavy (non-hydrogen) atoms. The van der Waals surface area contributed by atoms with E-state index in [-0.39, 0.29) is 5.42 Å². The van der Waals surface area contributed by atoms with E-state index in [1.807, 2.05) is 54.6 Å². The van der Waals surface area contributed by atoms with Crippen molar-refractivity contribution in [1.82, 2.24) is 10.2 Å². The number of hydrogen-bond donors (Lipinski definition) is 2. The highest BCUT2D eigenvalue weighted by Gasteiger charge is 2.66. The molecule has 0 bridgehead atoms. The van der Waals surface area contributed by atoms with E-state index in [2.05, 4.69) is 5.32 Å². The summed E-state index contributed by atoms with van der Waals surface area (Å²) < 4.78 is 11.0. The lowest BCUT2D eigenvalue weighted by Crippen LogP contribution is -2.83. The number of carboxylic acids is 1. The van der Waals surface area contributed by atoms with Crippen molar-refractivity contribution in [1.29, 1.82) is 0 Å². The highest BCUT2D eigenvalue weighted by molar-refractivity contribution is 7.96. The standard InChI is InChI=1S/C33H29N2O7P/c1-41-33(34-29(37)23-42-24-14-6-2-7-15-24)28(22-36)35(32(33)40)30(31(38)39)43(25-16-8-3-9-17-25,26-18-10-4-11-19-26)27-20-12-5-13-21-27/h2-22,28H,23H2,1H3,(H,34,37)(H,38,39)/t28-,33-/m0/s1. The van der Waals surface area contributed by atoms with Crippen LogP contribution in [0.4, 0.5) is 0 Å². The van der Waals surface area contributed by atoms with Crippen LogP contribution in [-0.4, -0.2) is 65.0 Å². The van der Waals surface area contributed by atoms with Crippen molar-refractivity contribution in [2.45, 2.75) is 11.8 Å². The molecule has 10 heteroatoms. The highest BCUT2D eigenvalue weighted by Crippen LogP contribution is 2.49. The molecule has 0 unspecified atom stereocenters. The number of aliphatic carboxylic acids is 1. The van der Waals surface area contributed by atoms with Gasteiger partial charge in [-0.15, -0.1) is 0 Å². The predicted octanol–water partition coefficient (Wildman–Crippen LogP) is 2.14. The number of nitrogens with one attached hydrogen (secondary N) is 1.